The first-order valence-electron chi connectivity index (χ1n) is 25.8. The van der Waals surface area contributed by atoms with Crippen LogP contribution in [-0.4, -0.2) is 14.1 Å². The van der Waals surface area contributed by atoms with Gasteiger partial charge in [-0.25, -0.2) is 4.98 Å². The number of nitrogens with zero attached hydrogens (tertiary/aromatic N) is 4. The second-order valence-corrected chi connectivity index (χ2v) is 24.2. The molecule has 368 valence electrons. The van der Waals surface area contributed by atoms with E-state index in [0.29, 0.717) is 0 Å². The summed E-state index contributed by atoms with van der Waals surface area (Å²) in [5, 5.41) is 2.32. The average molecular weight is 959 g/mol. The molecule has 0 aliphatic rings. The van der Waals surface area contributed by atoms with E-state index in [1.54, 1.807) is 0 Å². The minimum absolute atomic E-state index is 0.0561. The van der Waals surface area contributed by atoms with Gasteiger partial charge in [-0.1, -0.05) is 193 Å². The number of benzene rings is 7. The number of aromatic nitrogens is 4. The van der Waals surface area contributed by atoms with Gasteiger partial charge in [-0.15, -0.1) is 0 Å². The second-order valence-electron chi connectivity index (χ2n) is 24.2. The Labute approximate surface area is 433 Å². The molecule has 0 amide bonds. The predicted octanol–water partition coefficient (Wildman–Crippen LogP) is 17.0. The van der Waals surface area contributed by atoms with Crippen molar-refractivity contribution in [1.82, 2.24) is 14.1 Å². The highest BCUT2D eigenvalue weighted by Crippen LogP contribution is 2.42. The molecule has 5 heteroatoms. The lowest BCUT2D eigenvalue weighted by molar-refractivity contribution is -0.611. The molecule has 0 aliphatic heterocycles. The van der Waals surface area contributed by atoms with Crippen LogP contribution in [0.5, 0.6) is 11.5 Å². The fourth-order valence-electron chi connectivity index (χ4n) is 10.2. The summed E-state index contributed by atoms with van der Waals surface area (Å²) in [5.41, 5.74) is 14.2. The maximum Gasteiger partial charge on any atom is 0.269 e. The Kier molecular flexibility index (Phi) is 12.2. The van der Waals surface area contributed by atoms with E-state index >= 15 is 0 Å². The molecule has 10 aromatic rings. The van der Waals surface area contributed by atoms with Crippen LogP contribution < -0.4 is 9.30 Å². The topological polar surface area (TPSA) is 35.9 Å². The monoisotopic (exact) mass is 959 g/mol. The molecule has 0 radical (unpaired) electrons. The van der Waals surface area contributed by atoms with E-state index < -0.39 is 0 Å². The maximum atomic E-state index is 7.16. The summed E-state index contributed by atoms with van der Waals surface area (Å²) < 4.78 is 13.9. The molecule has 5 nitrogen and oxygen atoms in total. The lowest BCUT2D eigenvalue weighted by Gasteiger charge is -2.27. The number of fused-ring (bicyclic) bond motifs is 3. The van der Waals surface area contributed by atoms with E-state index in [-0.39, 0.29) is 27.1 Å². The molecule has 0 atom stereocenters. The molecule has 0 fully saturated rings. The van der Waals surface area contributed by atoms with Crippen LogP contribution in [-0.2, 0) is 27.1 Å². The zero-order chi connectivity index (χ0) is 51.7. The van der Waals surface area contributed by atoms with Crippen LogP contribution in [0.1, 0.15) is 129 Å². The summed E-state index contributed by atoms with van der Waals surface area (Å²) >= 11 is 0. The van der Waals surface area contributed by atoms with Crippen molar-refractivity contribution in [2.24, 2.45) is 0 Å². The van der Waals surface area contributed by atoms with E-state index in [4.69, 9.17) is 9.72 Å². The standard InChI is InChI=1S/C68H70N4O/c1-64(2,3)50-33-34-69-63(41-50)72-60-32-29-51(67(10,11)48-25-19-15-20-26-48)40-59(60)58-31-30-56(43-61(58)72)73-57-39-53(68(12,13)49-27-21-16-22-28-49)38-54(42-57)70-44-62(66(7,8)9)71(45-70)55-36-47(46-23-17-14-18-24-46)35-52(37-55)65(4,5)6/h14-44H,1-13H3. The summed E-state index contributed by atoms with van der Waals surface area (Å²) in [6, 6.07) is 63.7. The van der Waals surface area contributed by atoms with Crippen molar-refractivity contribution in [3.8, 4) is 39.8 Å². The van der Waals surface area contributed by atoms with Gasteiger partial charge in [0.15, 0.2) is 0 Å². The zero-order valence-corrected chi connectivity index (χ0v) is 45.1. The lowest BCUT2D eigenvalue weighted by atomic mass is 9.78. The molecule has 73 heavy (non-hydrogen) atoms. The van der Waals surface area contributed by atoms with Crippen LogP contribution in [0.25, 0.3) is 50.1 Å². The maximum absolute atomic E-state index is 7.16. The van der Waals surface area contributed by atoms with E-state index in [9.17, 15) is 0 Å². The van der Waals surface area contributed by atoms with Crippen LogP contribution in [0, 0.1) is 6.33 Å². The molecule has 0 saturated heterocycles. The number of pyridine rings is 1. The van der Waals surface area contributed by atoms with Gasteiger partial charge < -0.3 is 4.74 Å². The molecule has 3 heterocycles. The summed E-state index contributed by atoms with van der Waals surface area (Å²) in [7, 11) is 0. The molecular formula is C68H70N4O. The molecule has 0 aliphatic carbocycles. The third-order valence-corrected chi connectivity index (χ3v) is 15.0. The van der Waals surface area contributed by atoms with E-state index in [1.165, 1.54) is 44.3 Å². The highest BCUT2D eigenvalue weighted by Gasteiger charge is 2.29. The van der Waals surface area contributed by atoms with Crippen molar-refractivity contribution in [1.29, 1.82) is 0 Å². The van der Waals surface area contributed by atoms with E-state index in [1.807, 2.05) is 6.20 Å². The van der Waals surface area contributed by atoms with Gasteiger partial charge in [-0.05, 0) is 127 Å². The number of imidazole rings is 1. The minimum atomic E-state index is -0.359. The molecular weight excluding hydrogens is 889 g/mol. The molecule has 0 bridgehead atoms. The summed E-state index contributed by atoms with van der Waals surface area (Å²) in [6.07, 6.45) is 8.05. The summed E-state index contributed by atoms with van der Waals surface area (Å²) in [4.78, 5) is 5.04. The van der Waals surface area contributed by atoms with E-state index in [0.717, 1.165) is 56.4 Å². The van der Waals surface area contributed by atoms with Crippen molar-refractivity contribution in [3.63, 3.8) is 0 Å². The highest BCUT2D eigenvalue weighted by atomic mass is 16.5. The Morgan fingerprint density at radius 3 is 1.70 bits per heavy atom. The number of hydrogen-bond donors (Lipinski definition) is 0. The van der Waals surface area contributed by atoms with Crippen LogP contribution >= 0.6 is 0 Å². The van der Waals surface area contributed by atoms with Crippen molar-refractivity contribution in [3.05, 3.63) is 234 Å². The van der Waals surface area contributed by atoms with Crippen LogP contribution in [0.3, 0.4) is 0 Å². The Morgan fingerprint density at radius 2 is 1.07 bits per heavy atom. The Hall–Kier alpha value is -7.50. The molecule has 10 rings (SSSR count). The first-order valence-corrected chi connectivity index (χ1v) is 25.8. The Balaban J connectivity index is 1.14. The third kappa shape index (κ3) is 9.54. The Bertz CT molecular complexity index is 3630. The van der Waals surface area contributed by atoms with Gasteiger partial charge in [-0.3, -0.25) is 13.7 Å². The van der Waals surface area contributed by atoms with Gasteiger partial charge in [0, 0.05) is 40.1 Å². The van der Waals surface area contributed by atoms with Gasteiger partial charge in [0.2, 0.25) is 0 Å². The summed E-state index contributed by atoms with van der Waals surface area (Å²) in [5.74, 6) is 2.36. The molecule has 3 aromatic heterocycles. The van der Waals surface area contributed by atoms with Crippen LogP contribution in [0.4, 0.5) is 0 Å². The normalized spacial score (nSPS) is 12.7. The molecule has 0 saturated carbocycles. The predicted molar refractivity (Wildman–Crippen MR) is 303 cm³/mol. The van der Waals surface area contributed by atoms with Crippen molar-refractivity contribution >= 4 is 21.8 Å². The number of ether oxygens (including phenoxy) is 1. The first kappa shape index (κ1) is 49.1. The summed E-state index contributed by atoms with van der Waals surface area (Å²) in [6.45, 7) is 29.7. The van der Waals surface area contributed by atoms with Gasteiger partial charge in [0.25, 0.3) is 6.33 Å². The molecule has 7 aromatic carbocycles. The smallest absolute Gasteiger partial charge is 0.269 e. The second kappa shape index (κ2) is 18.2. The highest BCUT2D eigenvalue weighted by molar-refractivity contribution is 6.10. The quantitative estimate of drug-likeness (QED) is 0.101. The number of rotatable bonds is 10. The molecule has 0 N–H and O–H groups in total. The van der Waals surface area contributed by atoms with Crippen molar-refractivity contribution in [2.75, 3.05) is 0 Å². The average Bonchev–Trinajstić information content (AvgIpc) is 3.97. The molecule has 0 unspecified atom stereocenters. The third-order valence-electron chi connectivity index (χ3n) is 15.0. The van der Waals surface area contributed by atoms with Gasteiger partial charge in [0.1, 0.15) is 17.3 Å². The fourth-order valence-corrected chi connectivity index (χ4v) is 10.2. The van der Waals surface area contributed by atoms with Crippen molar-refractivity contribution < 1.29 is 9.30 Å². The first-order chi connectivity index (χ1) is 34.6. The SMILES string of the molecule is CC(C)(C)c1cc(-c2ccccc2)cc(-[n+]2[c-]n(-c3cc(Oc4ccc5c6cc(C(C)(C)c7ccccc7)ccc6n(-c6cc(C(C)(C)C)ccn6)c5c4)cc(C(C)(C)c4ccccc4)c3)cc2C(C)(C)C)c1. The van der Waals surface area contributed by atoms with Crippen molar-refractivity contribution in [2.45, 2.75) is 117 Å². The van der Waals surface area contributed by atoms with Gasteiger partial charge >= 0.3 is 0 Å². The number of hydrogen-bond acceptors (Lipinski definition) is 2. The Morgan fingerprint density at radius 1 is 0.438 bits per heavy atom. The van der Waals surface area contributed by atoms with Crippen LogP contribution in [0.2, 0.25) is 0 Å². The van der Waals surface area contributed by atoms with Gasteiger partial charge in [0.05, 0.1) is 28.1 Å². The van der Waals surface area contributed by atoms with Gasteiger partial charge in [-0.2, -0.15) is 0 Å². The van der Waals surface area contributed by atoms with Crippen LogP contribution in [0.15, 0.2) is 188 Å². The minimum Gasteiger partial charge on any atom is -0.458 e. The van der Waals surface area contributed by atoms with E-state index in [2.05, 4.69) is 292 Å². The zero-order valence-electron chi connectivity index (χ0n) is 45.1. The largest absolute Gasteiger partial charge is 0.458 e. The fraction of sp³-hybridized carbons (Fsp3) is 0.265. The molecule has 0 spiro atoms. The lowest BCUT2D eigenvalue weighted by Crippen LogP contribution is -2.39.